The molecule has 0 atom stereocenters. The lowest BCUT2D eigenvalue weighted by atomic mass is 10.1. The molecule has 0 saturated carbocycles. The monoisotopic (exact) mass is 454 g/mol. The highest BCUT2D eigenvalue weighted by molar-refractivity contribution is 8.26. The van der Waals surface area contributed by atoms with Crippen molar-refractivity contribution in [3.05, 3.63) is 52.8 Å². The van der Waals surface area contributed by atoms with Crippen molar-refractivity contribution in [1.29, 1.82) is 5.41 Å². The van der Waals surface area contributed by atoms with Crippen molar-refractivity contribution in [1.82, 2.24) is 5.01 Å². The van der Waals surface area contributed by atoms with Gasteiger partial charge in [0.05, 0.1) is 5.57 Å². The Balaban J connectivity index is 1.48. The molecule has 0 bridgehead atoms. The van der Waals surface area contributed by atoms with Crippen LogP contribution in [0.4, 0.5) is 0 Å². The summed E-state index contributed by atoms with van der Waals surface area (Å²) in [7, 11) is 0. The van der Waals surface area contributed by atoms with Gasteiger partial charge in [0.15, 0.2) is 5.84 Å². The molecule has 3 heterocycles. The van der Waals surface area contributed by atoms with Gasteiger partial charge in [-0.2, -0.15) is 15.1 Å². The second-order valence-electron chi connectivity index (χ2n) is 7.39. The van der Waals surface area contributed by atoms with Crippen LogP contribution in [0.15, 0.2) is 56.5 Å². The smallest absolute Gasteiger partial charge is 0.283 e. The largest absolute Gasteiger partial charge is 0.457 e. The minimum atomic E-state index is -0.455. The zero-order valence-corrected chi connectivity index (χ0v) is 18.8. The quantitative estimate of drug-likeness (QED) is 0.360. The van der Waals surface area contributed by atoms with E-state index < -0.39 is 5.91 Å². The van der Waals surface area contributed by atoms with E-state index in [1.165, 1.54) is 36.0 Å². The summed E-state index contributed by atoms with van der Waals surface area (Å²) >= 11 is 7.43. The van der Waals surface area contributed by atoms with Crippen LogP contribution in [-0.2, 0) is 4.79 Å². The number of unbranched alkanes of at least 4 members (excludes halogenated alkanes) is 4. The maximum Gasteiger partial charge on any atom is 0.283 e. The Morgan fingerprint density at radius 2 is 2.03 bits per heavy atom. The lowest BCUT2D eigenvalue weighted by Crippen LogP contribution is -2.35. The third-order valence-corrected chi connectivity index (χ3v) is 6.22. The molecule has 2 aliphatic heterocycles. The van der Waals surface area contributed by atoms with Crippen LogP contribution in [0.3, 0.4) is 0 Å². The predicted octanol–water partition coefficient (Wildman–Crippen LogP) is 6.58. The Hall–Kier alpha value is -2.64. The molecule has 0 fully saturated rings. The molecular formula is C23H23ClN4O2S. The molecular weight excluding hydrogens is 432 g/mol. The number of furan rings is 1. The first-order valence-electron chi connectivity index (χ1n) is 10.4. The SMILES string of the molecule is CCCCCCCC1=NN2C(=N)C(=Cc3ccc(-c4cccc(Cl)c4)o3)C(=O)N=C2S1. The van der Waals surface area contributed by atoms with E-state index in [2.05, 4.69) is 17.0 Å². The minimum Gasteiger partial charge on any atom is -0.457 e. The number of thioether (sulfide) groups is 1. The Labute approximate surface area is 190 Å². The van der Waals surface area contributed by atoms with Crippen LogP contribution in [-0.4, -0.2) is 27.0 Å². The number of fused-ring (bicyclic) bond motifs is 1. The van der Waals surface area contributed by atoms with Crippen LogP contribution in [0.5, 0.6) is 0 Å². The molecule has 0 saturated heterocycles. The van der Waals surface area contributed by atoms with Crippen LogP contribution in [0, 0.1) is 5.41 Å². The average Bonchev–Trinajstić information content (AvgIpc) is 3.38. The molecule has 6 nitrogen and oxygen atoms in total. The van der Waals surface area contributed by atoms with Gasteiger partial charge in [0.2, 0.25) is 5.17 Å². The van der Waals surface area contributed by atoms with E-state index in [1.54, 1.807) is 18.2 Å². The Morgan fingerprint density at radius 1 is 1.19 bits per heavy atom. The lowest BCUT2D eigenvalue weighted by molar-refractivity contribution is -0.114. The zero-order chi connectivity index (χ0) is 21.8. The van der Waals surface area contributed by atoms with Gasteiger partial charge in [-0.3, -0.25) is 10.2 Å². The number of carbonyl (C=O) groups excluding carboxylic acids is 1. The summed E-state index contributed by atoms with van der Waals surface area (Å²) in [6, 6.07) is 10.9. The molecule has 160 valence electrons. The van der Waals surface area contributed by atoms with Crippen molar-refractivity contribution in [3.8, 4) is 11.3 Å². The summed E-state index contributed by atoms with van der Waals surface area (Å²) in [6.07, 6.45) is 8.28. The fourth-order valence-electron chi connectivity index (χ4n) is 3.38. The second kappa shape index (κ2) is 9.66. The van der Waals surface area contributed by atoms with E-state index in [1.807, 2.05) is 24.3 Å². The summed E-state index contributed by atoms with van der Waals surface area (Å²) in [4.78, 5) is 16.7. The Bertz CT molecular complexity index is 1100. The van der Waals surface area contributed by atoms with Crippen molar-refractivity contribution in [2.45, 2.75) is 45.4 Å². The predicted molar refractivity (Wildman–Crippen MR) is 128 cm³/mol. The number of hydrogen-bond acceptors (Lipinski definition) is 5. The van der Waals surface area contributed by atoms with Gasteiger partial charge in [-0.1, -0.05) is 56.3 Å². The van der Waals surface area contributed by atoms with Gasteiger partial charge in [-0.05, 0) is 54.9 Å². The van der Waals surface area contributed by atoms with E-state index in [0.717, 1.165) is 29.9 Å². The number of hydrogen-bond donors (Lipinski definition) is 1. The molecule has 2 aliphatic rings. The number of amidine groups is 2. The van der Waals surface area contributed by atoms with Gasteiger partial charge in [0, 0.05) is 10.6 Å². The van der Waals surface area contributed by atoms with E-state index in [0.29, 0.717) is 21.7 Å². The number of rotatable bonds is 8. The van der Waals surface area contributed by atoms with Crippen LogP contribution >= 0.6 is 23.4 Å². The number of carbonyl (C=O) groups is 1. The first-order valence-corrected chi connectivity index (χ1v) is 11.6. The molecule has 0 radical (unpaired) electrons. The molecule has 4 rings (SSSR count). The van der Waals surface area contributed by atoms with Gasteiger partial charge in [0.1, 0.15) is 16.6 Å². The normalized spacial score (nSPS) is 17.2. The highest BCUT2D eigenvalue weighted by Crippen LogP contribution is 2.31. The van der Waals surface area contributed by atoms with Gasteiger partial charge in [-0.15, -0.1) is 0 Å². The minimum absolute atomic E-state index is 0.0178. The van der Waals surface area contributed by atoms with Gasteiger partial charge in [-0.25, -0.2) is 0 Å². The Morgan fingerprint density at radius 3 is 2.84 bits per heavy atom. The van der Waals surface area contributed by atoms with Crippen LogP contribution < -0.4 is 0 Å². The molecule has 1 aromatic carbocycles. The number of aliphatic imine (C=N–C) groups is 1. The highest BCUT2D eigenvalue weighted by Gasteiger charge is 2.35. The number of nitrogens with zero attached hydrogens (tertiary/aromatic N) is 3. The van der Waals surface area contributed by atoms with E-state index in [4.69, 9.17) is 21.4 Å². The molecule has 1 aromatic heterocycles. The fourth-order valence-corrected chi connectivity index (χ4v) is 4.50. The number of hydrazone groups is 1. The summed E-state index contributed by atoms with van der Waals surface area (Å²) in [6.45, 7) is 2.20. The van der Waals surface area contributed by atoms with Crippen molar-refractivity contribution < 1.29 is 9.21 Å². The van der Waals surface area contributed by atoms with Crippen molar-refractivity contribution in [2.24, 2.45) is 10.1 Å². The summed E-state index contributed by atoms with van der Waals surface area (Å²) in [5.74, 6) is 0.662. The summed E-state index contributed by atoms with van der Waals surface area (Å²) in [5.41, 5.74) is 0.996. The molecule has 1 amide bonds. The topological polar surface area (TPSA) is 82.0 Å². The van der Waals surface area contributed by atoms with Crippen molar-refractivity contribution >= 4 is 51.4 Å². The molecule has 0 aliphatic carbocycles. The molecule has 1 N–H and O–H groups in total. The van der Waals surface area contributed by atoms with Crippen molar-refractivity contribution in [2.75, 3.05) is 0 Å². The highest BCUT2D eigenvalue weighted by atomic mass is 35.5. The summed E-state index contributed by atoms with van der Waals surface area (Å²) < 4.78 is 5.85. The molecule has 2 aromatic rings. The molecule has 31 heavy (non-hydrogen) atoms. The van der Waals surface area contributed by atoms with Crippen LogP contribution in [0.25, 0.3) is 17.4 Å². The second-order valence-corrected chi connectivity index (χ2v) is 8.87. The zero-order valence-electron chi connectivity index (χ0n) is 17.2. The van der Waals surface area contributed by atoms with E-state index >= 15 is 0 Å². The number of amides is 1. The fraction of sp³-hybridized carbons (Fsp3) is 0.304. The van der Waals surface area contributed by atoms with Gasteiger partial charge >= 0.3 is 0 Å². The maximum atomic E-state index is 12.6. The third kappa shape index (κ3) is 4.99. The number of benzene rings is 1. The average molecular weight is 455 g/mol. The lowest BCUT2D eigenvalue weighted by Gasteiger charge is -2.19. The third-order valence-electron chi connectivity index (χ3n) is 5.01. The molecule has 8 heteroatoms. The van der Waals surface area contributed by atoms with Crippen LogP contribution in [0.2, 0.25) is 5.02 Å². The number of halogens is 1. The Kier molecular flexibility index (Phi) is 6.73. The van der Waals surface area contributed by atoms with E-state index in [9.17, 15) is 4.79 Å². The maximum absolute atomic E-state index is 12.6. The van der Waals surface area contributed by atoms with Gasteiger partial charge in [0.25, 0.3) is 5.91 Å². The molecule has 0 spiro atoms. The summed E-state index contributed by atoms with van der Waals surface area (Å²) in [5, 5.41) is 16.4. The van der Waals surface area contributed by atoms with E-state index in [-0.39, 0.29) is 11.4 Å². The van der Waals surface area contributed by atoms with Gasteiger partial charge < -0.3 is 4.42 Å². The van der Waals surface area contributed by atoms with Crippen molar-refractivity contribution in [3.63, 3.8) is 0 Å². The standard InChI is InChI=1S/C23H23ClN4O2S/c1-2-3-4-5-6-10-20-27-28-21(25)18(22(29)26-23(28)31-20)14-17-11-12-19(30-17)15-8-7-9-16(24)13-15/h7-9,11-14,25H,2-6,10H2,1H3. The number of nitrogens with one attached hydrogen (secondary N) is 1. The van der Waals surface area contributed by atoms with Crippen LogP contribution in [0.1, 0.15) is 51.2 Å². The first kappa shape index (κ1) is 21.6. The first-order chi connectivity index (χ1) is 15.0. The molecule has 0 unspecified atom stereocenters.